The molecule has 0 atom stereocenters. The van der Waals surface area contributed by atoms with Crippen LogP contribution in [0.1, 0.15) is 12.2 Å². The van der Waals surface area contributed by atoms with Crippen molar-refractivity contribution in [3.05, 3.63) is 36.7 Å². The van der Waals surface area contributed by atoms with Crippen molar-refractivity contribution in [3.8, 4) is 0 Å². The quantitative estimate of drug-likeness (QED) is 0.716. The van der Waals surface area contributed by atoms with Gasteiger partial charge in [0.2, 0.25) is 0 Å². The largest absolute Gasteiger partial charge is 0.453 e. The van der Waals surface area contributed by atoms with Crippen LogP contribution in [0.2, 0.25) is 0 Å². The molecular formula is C13H14F3N7. The highest BCUT2D eigenvalue weighted by Crippen LogP contribution is 2.27. The maximum Gasteiger partial charge on any atom is 0.453 e. The molecule has 0 spiro atoms. The van der Waals surface area contributed by atoms with Crippen LogP contribution >= 0.6 is 0 Å². The molecule has 0 unspecified atom stereocenters. The molecule has 3 aromatic heterocycles. The average Bonchev–Trinajstić information content (AvgIpc) is 3.14. The summed E-state index contributed by atoms with van der Waals surface area (Å²) < 4.78 is 41.2. The Labute approximate surface area is 129 Å². The number of aryl methyl sites for hydroxylation is 1. The number of imidazole rings is 1. The highest BCUT2D eigenvalue weighted by atomic mass is 19.4. The first-order chi connectivity index (χ1) is 10.9. The molecule has 7 nitrogen and oxygen atoms in total. The number of nitrogens with zero attached hydrogens (tertiary/aromatic N) is 7. The third-order valence-corrected chi connectivity index (χ3v) is 3.36. The van der Waals surface area contributed by atoms with Gasteiger partial charge in [0.25, 0.3) is 5.82 Å². The van der Waals surface area contributed by atoms with Gasteiger partial charge in [-0.1, -0.05) is 0 Å². The molecule has 0 bridgehead atoms. The summed E-state index contributed by atoms with van der Waals surface area (Å²) in [5.74, 6) is -0.699. The van der Waals surface area contributed by atoms with Gasteiger partial charge in [0, 0.05) is 32.5 Å². The second-order valence-corrected chi connectivity index (χ2v) is 5.06. The zero-order valence-electron chi connectivity index (χ0n) is 12.3. The van der Waals surface area contributed by atoms with Crippen molar-refractivity contribution in [2.24, 2.45) is 0 Å². The predicted molar refractivity (Wildman–Crippen MR) is 75.9 cm³/mol. The van der Waals surface area contributed by atoms with Gasteiger partial charge in [-0.2, -0.15) is 17.7 Å². The van der Waals surface area contributed by atoms with E-state index < -0.39 is 12.0 Å². The molecular weight excluding hydrogens is 311 g/mol. The van der Waals surface area contributed by atoms with Crippen LogP contribution in [0.3, 0.4) is 0 Å². The molecule has 0 radical (unpaired) electrons. The van der Waals surface area contributed by atoms with Crippen LogP contribution in [-0.2, 0) is 12.7 Å². The first kappa shape index (κ1) is 15.3. The maximum atomic E-state index is 12.9. The summed E-state index contributed by atoms with van der Waals surface area (Å²) >= 11 is 0. The SMILES string of the molecule is CN(CCCn1ccnc1)c1ccc2nnc(C(F)(F)F)n2n1. The number of anilines is 1. The van der Waals surface area contributed by atoms with Crippen LogP contribution in [0, 0.1) is 0 Å². The smallest absolute Gasteiger partial charge is 0.358 e. The molecule has 0 N–H and O–H groups in total. The maximum absolute atomic E-state index is 12.9. The van der Waals surface area contributed by atoms with E-state index in [-0.39, 0.29) is 5.65 Å². The highest BCUT2D eigenvalue weighted by molar-refractivity contribution is 5.45. The van der Waals surface area contributed by atoms with Gasteiger partial charge in [0.1, 0.15) is 5.82 Å². The van der Waals surface area contributed by atoms with Gasteiger partial charge in [-0.15, -0.1) is 15.3 Å². The Morgan fingerprint density at radius 1 is 1.22 bits per heavy atom. The number of rotatable bonds is 5. The van der Waals surface area contributed by atoms with E-state index in [9.17, 15) is 13.2 Å². The summed E-state index contributed by atoms with van der Waals surface area (Å²) in [6, 6.07) is 3.10. The average molecular weight is 325 g/mol. The van der Waals surface area contributed by atoms with Crippen LogP contribution in [0.5, 0.6) is 0 Å². The molecule has 3 rings (SSSR count). The molecule has 3 aromatic rings. The van der Waals surface area contributed by atoms with Crippen LogP contribution in [0.15, 0.2) is 30.9 Å². The Morgan fingerprint density at radius 2 is 2.04 bits per heavy atom. The molecule has 0 fully saturated rings. The lowest BCUT2D eigenvalue weighted by Gasteiger charge is -2.18. The van der Waals surface area contributed by atoms with Crippen molar-refractivity contribution < 1.29 is 13.2 Å². The first-order valence-corrected chi connectivity index (χ1v) is 6.92. The van der Waals surface area contributed by atoms with E-state index in [1.807, 2.05) is 10.8 Å². The van der Waals surface area contributed by atoms with E-state index in [2.05, 4.69) is 20.3 Å². The number of hydrogen-bond acceptors (Lipinski definition) is 5. The van der Waals surface area contributed by atoms with Crippen molar-refractivity contribution in [1.29, 1.82) is 0 Å². The molecule has 0 aliphatic rings. The molecule has 3 heterocycles. The van der Waals surface area contributed by atoms with E-state index in [1.165, 1.54) is 6.07 Å². The van der Waals surface area contributed by atoms with E-state index in [1.54, 1.807) is 30.5 Å². The normalized spacial score (nSPS) is 12.0. The van der Waals surface area contributed by atoms with E-state index in [4.69, 9.17) is 0 Å². The fraction of sp³-hybridized carbons (Fsp3) is 0.385. The van der Waals surface area contributed by atoms with E-state index >= 15 is 0 Å². The second-order valence-electron chi connectivity index (χ2n) is 5.06. The summed E-state index contributed by atoms with van der Waals surface area (Å²) in [5, 5.41) is 10.6. The van der Waals surface area contributed by atoms with Crippen molar-refractivity contribution in [2.45, 2.75) is 19.1 Å². The summed E-state index contributed by atoms with van der Waals surface area (Å²) in [7, 11) is 1.78. The van der Waals surface area contributed by atoms with Crippen LogP contribution in [-0.4, -0.2) is 43.0 Å². The minimum atomic E-state index is -4.59. The Bertz CT molecular complexity index is 779. The Morgan fingerprint density at radius 3 is 2.74 bits per heavy atom. The van der Waals surface area contributed by atoms with Gasteiger partial charge in [-0.05, 0) is 18.6 Å². The van der Waals surface area contributed by atoms with Gasteiger partial charge in [0.05, 0.1) is 6.33 Å². The van der Waals surface area contributed by atoms with E-state index in [0.29, 0.717) is 12.4 Å². The predicted octanol–water partition coefficient (Wildman–Crippen LogP) is 1.87. The molecule has 0 aliphatic carbocycles. The zero-order valence-corrected chi connectivity index (χ0v) is 12.3. The van der Waals surface area contributed by atoms with E-state index in [0.717, 1.165) is 17.5 Å². The minimum absolute atomic E-state index is 0.0629. The summed E-state index contributed by atoms with van der Waals surface area (Å²) in [5.41, 5.74) is 0.0629. The Hall–Kier alpha value is -2.65. The number of aromatic nitrogens is 6. The van der Waals surface area contributed by atoms with Crippen molar-refractivity contribution in [3.63, 3.8) is 0 Å². The minimum Gasteiger partial charge on any atom is -0.358 e. The van der Waals surface area contributed by atoms with Crippen LogP contribution in [0.4, 0.5) is 19.0 Å². The lowest BCUT2D eigenvalue weighted by molar-refractivity contribution is -0.146. The topological polar surface area (TPSA) is 64.1 Å². The molecule has 122 valence electrons. The lowest BCUT2D eigenvalue weighted by atomic mass is 10.3. The fourth-order valence-corrected chi connectivity index (χ4v) is 2.18. The number of hydrogen-bond donors (Lipinski definition) is 0. The summed E-state index contributed by atoms with van der Waals surface area (Å²) in [6.07, 6.45) is 1.49. The summed E-state index contributed by atoms with van der Waals surface area (Å²) in [6.45, 7) is 1.41. The van der Waals surface area contributed by atoms with Gasteiger partial charge in [-0.25, -0.2) is 4.98 Å². The van der Waals surface area contributed by atoms with Gasteiger partial charge >= 0.3 is 6.18 Å². The van der Waals surface area contributed by atoms with Crippen molar-refractivity contribution in [1.82, 2.24) is 29.4 Å². The Kier molecular flexibility index (Phi) is 3.89. The summed E-state index contributed by atoms with van der Waals surface area (Å²) in [4.78, 5) is 5.74. The number of alkyl halides is 3. The molecule has 0 saturated heterocycles. The van der Waals surface area contributed by atoms with Crippen LogP contribution in [0.25, 0.3) is 5.65 Å². The van der Waals surface area contributed by atoms with Crippen molar-refractivity contribution >= 4 is 11.5 Å². The number of fused-ring (bicyclic) bond motifs is 1. The van der Waals surface area contributed by atoms with Gasteiger partial charge in [0.15, 0.2) is 5.65 Å². The standard InChI is InChI=1S/C13H14F3N7/c1-21(6-2-7-22-8-5-17-9-22)11-4-3-10-18-19-12(13(14,15)16)23(10)20-11/h3-5,8-9H,2,6-7H2,1H3. The molecule has 0 aliphatic heterocycles. The molecule has 10 heteroatoms. The lowest BCUT2D eigenvalue weighted by Crippen LogP contribution is -2.22. The monoisotopic (exact) mass is 325 g/mol. The zero-order chi connectivity index (χ0) is 16.4. The highest BCUT2D eigenvalue weighted by Gasteiger charge is 2.37. The third-order valence-electron chi connectivity index (χ3n) is 3.36. The van der Waals surface area contributed by atoms with Gasteiger partial charge < -0.3 is 9.47 Å². The fourth-order valence-electron chi connectivity index (χ4n) is 2.18. The molecule has 0 saturated carbocycles. The molecule has 0 amide bonds. The number of halogens is 3. The van der Waals surface area contributed by atoms with Crippen molar-refractivity contribution in [2.75, 3.05) is 18.5 Å². The second kappa shape index (κ2) is 5.86. The third kappa shape index (κ3) is 3.25. The van der Waals surface area contributed by atoms with Gasteiger partial charge in [-0.3, -0.25) is 0 Å². The van der Waals surface area contributed by atoms with Crippen LogP contribution < -0.4 is 4.90 Å². The first-order valence-electron chi connectivity index (χ1n) is 6.92. The molecule has 23 heavy (non-hydrogen) atoms. The molecule has 0 aromatic carbocycles. The Balaban J connectivity index is 1.74.